The number of rotatable bonds is 1. The predicted octanol–water partition coefficient (Wildman–Crippen LogP) is 1.85. The summed E-state index contributed by atoms with van der Waals surface area (Å²) in [5.41, 5.74) is 0.0820. The van der Waals surface area contributed by atoms with Crippen LogP contribution in [0.15, 0.2) is 18.2 Å². The molecule has 1 unspecified atom stereocenters. The van der Waals surface area contributed by atoms with Crippen molar-refractivity contribution in [1.29, 1.82) is 5.26 Å². The molecule has 1 aromatic carbocycles. The fraction of sp³-hybridized carbons (Fsp3) is 0.273. The molecule has 1 aromatic rings. The Morgan fingerprint density at radius 2 is 2.18 bits per heavy atom. The summed E-state index contributed by atoms with van der Waals surface area (Å²) < 4.78 is 26.6. The van der Waals surface area contributed by atoms with E-state index in [0.717, 1.165) is 23.1 Å². The lowest BCUT2D eigenvalue weighted by atomic mass is 10.1. The average Bonchev–Trinajstić information content (AvgIpc) is 2.59. The molecule has 0 aliphatic carbocycles. The molecule has 1 aliphatic rings. The first kappa shape index (κ1) is 11.3. The van der Waals surface area contributed by atoms with Crippen LogP contribution in [0.25, 0.3) is 0 Å². The van der Waals surface area contributed by atoms with Crippen molar-refractivity contribution in [2.24, 2.45) is 0 Å². The Hall–Kier alpha value is -2.16. The van der Waals surface area contributed by atoms with Crippen molar-refractivity contribution in [3.05, 3.63) is 35.4 Å². The maximum Gasteiger partial charge on any atom is 0.333 e. The largest absolute Gasteiger partial charge is 0.333 e. The van der Waals surface area contributed by atoms with Crippen molar-refractivity contribution in [2.75, 3.05) is 13.6 Å². The van der Waals surface area contributed by atoms with Gasteiger partial charge in [0.1, 0.15) is 11.6 Å². The molecule has 1 atom stereocenters. The first-order valence-corrected chi connectivity index (χ1v) is 4.93. The summed E-state index contributed by atoms with van der Waals surface area (Å²) in [4.78, 5) is 13.7. The second kappa shape index (κ2) is 4.01. The van der Waals surface area contributed by atoms with Gasteiger partial charge in [0, 0.05) is 12.6 Å². The van der Waals surface area contributed by atoms with Crippen LogP contribution in [-0.4, -0.2) is 29.4 Å². The topological polar surface area (TPSA) is 47.3 Å². The van der Waals surface area contributed by atoms with Crippen LogP contribution in [0.1, 0.15) is 11.6 Å². The number of urea groups is 1. The number of hydrogen-bond donors (Lipinski definition) is 0. The van der Waals surface area contributed by atoms with Gasteiger partial charge in [0.25, 0.3) is 0 Å². The molecule has 17 heavy (non-hydrogen) atoms. The van der Waals surface area contributed by atoms with E-state index in [4.69, 9.17) is 5.26 Å². The van der Waals surface area contributed by atoms with E-state index in [0.29, 0.717) is 0 Å². The molecule has 0 spiro atoms. The number of carbonyl (C=O) groups is 1. The van der Waals surface area contributed by atoms with Gasteiger partial charge in [-0.25, -0.2) is 18.5 Å². The molecule has 0 radical (unpaired) electrons. The number of carbonyl (C=O) groups excluding carboxylic acids is 1. The van der Waals surface area contributed by atoms with Gasteiger partial charge in [-0.05, 0) is 18.2 Å². The highest BCUT2D eigenvalue weighted by Crippen LogP contribution is 2.29. The Bertz CT molecular complexity index is 512. The molecule has 1 saturated heterocycles. The third-order valence-electron chi connectivity index (χ3n) is 2.79. The fourth-order valence-corrected chi connectivity index (χ4v) is 1.86. The number of benzene rings is 1. The predicted molar refractivity (Wildman–Crippen MR) is 54.6 cm³/mol. The first-order chi connectivity index (χ1) is 8.04. The van der Waals surface area contributed by atoms with E-state index in [1.165, 1.54) is 11.9 Å². The van der Waals surface area contributed by atoms with Crippen LogP contribution in [0, 0.1) is 23.1 Å². The molecule has 0 aromatic heterocycles. The molecule has 88 valence electrons. The summed E-state index contributed by atoms with van der Waals surface area (Å²) in [6.45, 7) is 0.0339. The monoisotopic (exact) mass is 237 g/mol. The van der Waals surface area contributed by atoms with E-state index in [9.17, 15) is 13.6 Å². The zero-order valence-corrected chi connectivity index (χ0v) is 9.02. The Morgan fingerprint density at radius 1 is 1.47 bits per heavy atom. The van der Waals surface area contributed by atoms with Crippen LogP contribution >= 0.6 is 0 Å². The third-order valence-corrected chi connectivity index (χ3v) is 2.79. The van der Waals surface area contributed by atoms with Crippen LogP contribution in [0.4, 0.5) is 13.6 Å². The summed E-state index contributed by atoms with van der Waals surface area (Å²) in [6.07, 6.45) is 1.70. The lowest BCUT2D eigenvalue weighted by Gasteiger charge is -2.18. The Balaban J connectivity index is 2.39. The Kier molecular flexibility index (Phi) is 2.68. The number of nitrogens with zero attached hydrogens (tertiary/aromatic N) is 3. The third kappa shape index (κ3) is 1.80. The van der Waals surface area contributed by atoms with Gasteiger partial charge in [-0.15, -0.1) is 0 Å². The van der Waals surface area contributed by atoms with Crippen molar-refractivity contribution in [2.45, 2.75) is 6.04 Å². The van der Waals surface area contributed by atoms with Crippen LogP contribution < -0.4 is 0 Å². The summed E-state index contributed by atoms with van der Waals surface area (Å²) in [5, 5.41) is 8.70. The van der Waals surface area contributed by atoms with Crippen molar-refractivity contribution < 1.29 is 13.6 Å². The molecule has 1 heterocycles. The van der Waals surface area contributed by atoms with E-state index >= 15 is 0 Å². The van der Waals surface area contributed by atoms with E-state index in [1.807, 2.05) is 0 Å². The van der Waals surface area contributed by atoms with Gasteiger partial charge in [0.15, 0.2) is 6.19 Å². The van der Waals surface area contributed by atoms with Crippen LogP contribution in [0.3, 0.4) is 0 Å². The molecule has 1 fully saturated rings. The van der Waals surface area contributed by atoms with Gasteiger partial charge in [0.05, 0.1) is 12.6 Å². The summed E-state index contributed by atoms with van der Waals surface area (Å²) in [5.74, 6) is -1.16. The van der Waals surface area contributed by atoms with Crippen molar-refractivity contribution in [1.82, 2.24) is 9.80 Å². The maximum absolute atomic E-state index is 13.5. The molecular weight excluding hydrogens is 228 g/mol. The summed E-state index contributed by atoms with van der Waals surface area (Å²) in [7, 11) is 1.45. The lowest BCUT2D eigenvalue weighted by molar-refractivity contribution is 0.205. The lowest BCUT2D eigenvalue weighted by Crippen LogP contribution is -2.26. The van der Waals surface area contributed by atoms with E-state index in [1.54, 1.807) is 6.19 Å². The second-order valence-electron chi connectivity index (χ2n) is 3.79. The number of likely N-dealkylation sites (N-methyl/N-ethyl adjacent to an activating group) is 1. The van der Waals surface area contributed by atoms with Gasteiger partial charge >= 0.3 is 6.03 Å². The highest BCUT2D eigenvalue weighted by molar-refractivity contribution is 5.78. The highest BCUT2D eigenvalue weighted by atomic mass is 19.1. The van der Waals surface area contributed by atoms with E-state index in [-0.39, 0.29) is 12.1 Å². The van der Waals surface area contributed by atoms with Gasteiger partial charge in [-0.2, -0.15) is 5.26 Å². The first-order valence-electron chi connectivity index (χ1n) is 4.93. The zero-order valence-electron chi connectivity index (χ0n) is 9.02. The molecular formula is C11H9F2N3O. The molecule has 1 aliphatic heterocycles. The van der Waals surface area contributed by atoms with Crippen LogP contribution in [0.5, 0.6) is 0 Å². The summed E-state index contributed by atoms with van der Waals surface area (Å²) in [6, 6.07) is 1.92. The molecule has 0 N–H and O–H groups in total. The molecule has 2 rings (SSSR count). The van der Waals surface area contributed by atoms with Gasteiger partial charge in [-0.3, -0.25) is 0 Å². The molecule has 0 saturated carbocycles. The van der Waals surface area contributed by atoms with Crippen molar-refractivity contribution in [3.63, 3.8) is 0 Å². The number of nitriles is 1. The minimum absolute atomic E-state index is 0.0339. The van der Waals surface area contributed by atoms with Crippen LogP contribution in [-0.2, 0) is 0 Å². The Labute approximate surface area is 96.7 Å². The molecule has 4 nitrogen and oxygen atoms in total. The minimum atomic E-state index is -0.641. The minimum Gasteiger partial charge on any atom is -0.318 e. The fourth-order valence-electron chi connectivity index (χ4n) is 1.86. The van der Waals surface area contributed by atoms with Crippen LogP contribution in [0.2, 0.25) is 0 Å². The van der Waals surface area contributed by atoms with Gasteiger partial charge in [-0.1, -0.05) is 0 Å². The molecule has 6 heteroatoms. The van der Waals surface area contributed by atoms with E-state index in [2.05, 4.69) is 0 Å². The second-order valence-corrected chi connectivity index (χ2v) is 3.79. The highest BCUT2D eigenvalue weighted by Gasteiger charge is 2.37. The smallest absolute Gasteiger partial charge is 0.318 e. The standard InChI is InChI=1S/C11H9F2N3O/c1-15-10(5-16(6-14)11(15)17)8-4-7(12)2-3-9(8)13/h2-4,10H,5H2,1H3. The van der Waals surface area contributed by atoms with Crippen molar-refractivity contribution >= 4 is 6.03 Å². The Morgan fingerprint density at radius 3 is 2.76 bits per heavy atom. The maximum atomic E-state index is 13.5. The SMILES string of the molecule is CN1C(=O)N(C#N)CC1c1cc(F)ccc1F. The van der Waals surface area contributed by atoms with Gasteiger partial charge in [0.2, 0.25) is 0 Å². The van der Waals surface area contributed by atoms with E-state index < -0.39 is 23.7 Å². The number of amides is 2. The molecule has 0 bridgehead atoms. The zero-order chi connectivity index (χ0) is 12.6. The average molecular weight is 237 g/mol. The quantitative estimate of drug-likeness (QED) is 0.700. The normalized spacial score (nSPS) is 19.6. The summed E-state index contributed by atoms with van der Waals surface area (Å²) >= 11 is 0. The number of hydrogen-bond acceptors (Lipinski definition) is 2. The number of halogens is 2. The van der Waals surface area contributed by atoms with Crippen molar-refractivity contribution in [3.8, 4) is 6.19 Å². The van der Waals surface area contributed by atoms with Gasteiger partial charge < -0.3 is 4.90 Å². The molecule has 2 amide bonds.